The van der Waals surface area contributed by atoms with Crippen LogP contribution in [0.15, 0.2) is 42.5 Å². The average molecular weight is 422 g/mol. The Labute approximate surface area is 184 Å². The van der Waals surface area contributed by atoms with E-state index in [-0.39, 0.29) is 23.0 Å². The summed E-state index contributed by atoms with van der Waals surface area (Å²) in [7, 11) is 0. The van der Waals surface area contributed by atoms with Crippen LogP contribution in [0.3, 0.4) is 0 Å². The molecule has 1 fully saturated rings. The van der Waals surface area contributed by atoms with Crippen LogP contribution < -0.4 is 4.74 Å². The third-order valence-corrected chi connectivity index (χ3v) is 7.77. The van der Waals surface area contributed by atoms with Crippen LogP contribution in [0.1, 0.15) is 76.0 Å². The molecule has 0 spiro atoms. The Morgan fingerprint density at radius 2 is 1.84 bits per heavy atom. The number of rotatable bonds is 4. The number of carbonyl (C=O) groups is 1. The first-order chi connectivity index (χ1) is 14.6. The predicted octanol–water partition coefficient (Wildman–Crippen LogP) is 6.33. The lowest BCUT2D eigenvalue weighted by molar-refractivity contribution is -0.384. The van der Waals surface area contributed by atoms with Crippen LogP contribution in [-0.2, 0) is 16.6 Å². The van der Waals surface area contributed by atoms with Gasteiger partial charge in [0, 0.05) is 12.1 Å². The lowest BCUT2D eigenvalue weighted by Crippen LogP contribution is -2.53. The molecule has 0 aliphatic heterocycles. The fourth-order valence-electron chi connectivity index (χ4n) is 5.97. The molecule has 2 aromatic rings. The van der Waals surface area contributed by atoms with Gasteiger partial charge in [0.1, 0.15) is 5.75 Å². The van der Waals surface area contributed by atoms with Gasteiger partial charge < -0.3 is 4.74 Å². The number of benzene rings is 2. The van der Waals surface area contributed by atoms with E-state index in [1.165, 1.54) is 41.0 Å². The van der Waals surface area contributed by atoms with E-state index in [1.807, 2.05) is 0 Å². The molecule has 0 unspecified atom stereocenters. The number of non-ortho nitro benzene ring substituents is 1. The molecular weight excluding hydrogens is 390 g/mol. The number of nitro groups is 1. The van der Waals surface area contributed by atoms with Crippen molar-refractivity contribution in [2.24, 2.45) is 11.3 Å². The van der Waals surface area contributed by atoms with Crippen LogP contribution in [0.4, 0.5) is 5.69 Å². The van der Waals surface area contributed by atoms with Gasteiger partial charge in [0.05, 0.1) is 10.3 Å². The molecule has 4 rings (SSSR count). The average Bonchev–Trinajstić information content (AvgIpc) is 2.73. The summed E-state index contributed by atoms with van der Waals surface area (Å²) < 4.78 is 5.76. The SMILES string of the molecule is CC(C)c1ccc2c(c1)CC[C@H]1[C@](C)(C(=O)Oc3ccc([N+](=O)[O-])cc3)CCC[C@]21C. The molecule has 2 aliphatic rings. The number of hydrogen-bond acceptors (Lipinski definition) is 4. The second-order valence-electron chi connectivity index (χ2n) is 9.99. The molecule has 0 heterocycles. The van der Waals surface area contributed by atoms with Gasteiger partial charge in [-0.15, -0.1) is 0 Å². The number of fused-ring (bicyclic) bond motifs is 3. The first-order valence-electron chi connectivity index (χ1n) is 11.3. The zero-order valence-corrected chi connectivity index (χ0v) is 18.8. The molecule has 0 saturated heterocycles. The molecule has 31 heavy (non-hydrogen) atoms. The Balaban J connectivity index is 1.62. The quantitative estimate of drug-likeness (QED) is 0.250. The Kier molecular flexibility index (Phi) is 5.40. The van der Waals surface area contributed by atoms with Gasteiger partial charge in [-0.25, -0.2) is 0 Å². The van der Waals surface area contributed by atoms with Gasteiger partial charge in [0.2, 0.25) is 0 Å². The molecular formula is C26H31NO4. The zero-order valence-electron chi connectivity index (χ0n) is 18.8. The van der Waals surface area contributed by atoms with E-state index in [9.17, 15) is 14.9 Å². The molecule has 3 atom stereocenters. The summed E-state index contributed by atoms with van der Waals surface area (Å²) >= 11 is 0. The van der Waals surface area contributed by atoms with Crippen LogP contribution in [0.25, 0.3) is 0 Å². The third kappa shape index (κ3) is 3.64. The molecule has 0 N–H and O–H groups in total. The lowest BCUT2D eigenvalue weighted by atomic mass is 9.49. The minimum Gasteiger partial charge on any atom is -0.426 e. The molecule has 5 nitrogen and oxygen atoms in total. The molecule has 2 aromatic carbocycles. The van der Waals surface area contributed by atoms with Gasteiger partial charge in [0.25, 0.3) is 5.69 Å². The van der Waals surface area contributed by atoms with Crippen LogP contribution in [-0.4, -0.2) is 10.9 Å². The largest absolute Gasteiger partial charge is 0.426 e. The van der Waals surface area contributed by atoms with Crippen molar-refractivity contribution in [3.63, 3.8) is 0 Å². The highest BCUT2D eigenvalue weighted by Gasteiger charge is 2.55. The third-order valence-electron chi connectivity index (χ3n) is 7.77. The number of aryl methyl sites for hydroxylation is 1. The van der Waals surface area contributed by atoms with Crippen LogP contribution >= 0.6 is 0 Å². The Morgan fingerprint density at radius 1 is 1.13 bits per heavy atom. The molecule has 2 aliphatic carbocycles. The van der Waals surface area contributed by atoms with Crippen LogP contribution in [0.2, 0.25) is 0 Å². The van der Waals surface area contributed by atoms with E-state index in [1.54, 1.807) is 0 Å². The number of nitrogens with zero attached hydrogens (tertiary/aromatic N) is 1. The summed E-state index contributed by atoms with van der Waals surface area (Å²) in [6.07, 6.45) is 4.81. The number of carbonyl (C=O) groups excluding carboxylic acids is 1. The highest BCUT2D eigenvalue weighted by atomic mass is 16.6. The minimum atomic E-state index is -0.580. The monoisotopic (exact) mass is 421 g/mol. The first-order valence-corrected chi connectivity index (χ1v) is 11.3. The molecule has 0 radical (unpaired) electrons. The Bertz CT molecular complexity index is 1010. The fraction of sp³-hybridized carbons (Fsp3) is 0.500. The Hall–Kier alpha value is -2.69. The predicted molar refractivity (Wildman–Crippen MR) is 120 cm³/mol. The topological polar surface area (TPSA) is 69.4 Å². The number of nitro benzene ring substituents is 1. The highest BCUT2D eigenvalue weighted by molar-refractivity contribution is 5.80. The van der Waals surface area contributed by atoms with E-state index in [4.69, 9.17) is 4.74 Å². The normalized spacial score (nSPS) is 27.3. The van der Waals surface area contributed by atoms with E-state index < -0.39 is 10.3 Å². The molecule has 0 aromatic heterocycles. The maximum absolute atomic E-state index is 13.4. The van der Waals surface area contributed by atoms with Gasteiger partial charge in [-0.05, 0) is 78.7 Å². The van der Waals surface area contributed by atoms with Crippen molar-refractivity contribution in [3.8, 4) is 5.75 Å². The molecule has 0 bridgehead atoms. The second-order valence-corrected chi connectivity index (χ2v) is 9.99. The van der Waals surface area contributed by atoms with Crippen molar-refractivity contribution in [3.05, 3.63) is 69.3 Å². The maximum atomic E-state index is 13.4. The van der Waals surface area contributed by atoms with Crippen molar-refractivity contribution < 1.29 is 14.5 Å². The van der Waals surface area contributed by atoms with Gasteiger partial charge in [-0.3, -0.25) is 14.9 Å². The molecule has 164 valence electrons. The molecule has 1 saturated carbocycles. The van der Waals surface area contributed by atoms with Gasteiger partial charge in [-0.1, -0.05) is 45.4 Å². The van der Waals surface area contributed by atoms with Crippen molar-refractivity contribution in [1.29, 1.82) is 0 Å². The van der Waals surface area contributed by atoms with E-state index >= 15 is 0 Å². The second kappa shape index (κ2) is 7.77. The maximum Gasteiger partial charge on any atom is 0.317 e. The van der Waals surface area contributed by atoms with Gasteiger partial charge >= 0.3 is 5.97 Å². The molecule has 5 heteroatoms. The van der Waals surface area contributed by atoms with Gasteiger partial charge in [-0.2, -0.15) is 0 Å². The number of ether oxygens (including phenoxy) is 1. The standard InChI is InChI=1S/C26H31NO4/c1-17(2)18-6-12-22-19(16-18)7-13-23-25(22,3)14-5-15-26(23,4)24(28)31-21-10-8-20(9-11-21)27(29)30/h6,8-12,16-17,23H,5,7,13-15H2,1-4H3/t23-,25-,26-/m1/s1. The van der Waals surface area contributed by atoms with Crippen LogP contribution in [0, 0.1) is 21.4 Å². The summed E-state index contributed by atoms with van der Waals surface area (Å²) in [5.74, 6) is 0.849. The number of esters is 1. The molecule has 0 amide bonds. The number of hydrogen-bond donors (Lipinski definition) is 0. The zero-order chi connectivity index (χ0) is 22.4. The van der Waals surface area contributed by atoms with Crippen molar-refractivity contribution in [2.75, 3.05) is 0 Å². The summed E-state index contributed by atoms with van der Waals surface area (Å²) in [6.45, 7) is 8.82. The van der Waals surface area contributed by atoms with E-state index in [0.717, 1.165) is 32.1 Å². The smallest absolute Gasteiger partial charge is 0.317 e. The van der Waals surface area contributed by atoms with E-state index in [2.05, 4.69) is 45.9 Å². The van der Waals surface area contributed by atoms with Crippen molar-refractivity contribution >= 4 is 11.7 Å². The minimum absolute atomic E-state index is 0.0130. The summed E-state index contributed by atoms with van der Waals surface area (Å²) in [4.78, 5) is 23.8. The van der Waals surface area contributed by atoms with Gasteiger partial charge in [0.15, 0.2) is 0 Å². The van der Waals surface area contributed by atoms with Crippen LogP contribution in [0.5, 0.6) is 5.75 Å². The highest BCUT2D eigenvalue weighted by Crippen LogP contribution is 2.57. The summed E-state index contributed by atoms with van der Waals surface area (Å²) in [5.41, 5.74) is 3.55. The lowest BCUT2D eigenvalue weighted by Gasteiger charge is -2.54. The first kappa shape index (κ1) is 21.5. The summed E-state index contributed by atoms with van der Waals surface area (Å²) in [5, 5.41) is 10.9. The van der Waals surface area contributed by atoms with E-state index in [0.29, 0.717) is 11.7 Å². The fourth-order valence-corrected chi connectivity index (χ4v) is 5.97. The Morgan fingerprint density at radius 3 is 2.48 bits per heavy atom. The summed E-state index contributed by atoms with van der Waals surface area (Å²) in [6, 6.07) is 12.7. The van der Waals surface area contributed by atoms with Crippen molar-refractivity contribution in [1.82, 2.24) is 0 Å². The van der Waals surface area contributed by atoms with Crippen molar-refractivity contribution in [2.45, 2.75) is 71.1 Å².